The van der Waals surface area contributed by atoms with Gasteiger partial charge in [-0.15, -0.1) is 0 Å². The fourth-order valence-electron chi connectivity index (χ4n) is 10.3. The Kier molecular flexibility index (Phi) is 30.7. The Balaban J connectivity index is 0.853. The fraction of sp³-hybridized carbons (Fsp3) is 0.683. The van der Waals surface area contributed by atoms with E-state index in [1.54, 1.807) is 33.8 Å². The summed E-state index contributed by atoms with van der Waals surface area (Å²) in [4.78, 5) is 85.3. The molecule has 0 radical (unpaired) electrons. The van der Waals surface area contributed by atoms with Crippen LogP contribution in [-0.2, 0) is 101 Å². The molecule has 2 aliphatic heterocycles. The summed E-state index contributed by atoms with van der Waals surface area (Å²) in [5.41, 5.74) is 11.7. The van der Waals surface area contributed by atoms with Crippen LogP contribution in [0.3, 0.4) is 0 Å². The first kappa shape index (κ1) is 71.2. The molecule has 4 heterocycles. The van der Waals surface area contributed by atoms with E-state index in [-0.39, 0.29) is 76.3 Å². The highest BCUT2D eigenvalue weighted by Gasteiger charge is 2.46. The number of benzene rings is 1. The van der Waals surface area contributed by atoms with Crippen molar-refractivity contribution in [3.8, 4) is 11.4 Å². The molecule has 0 fully saturated rings. The zero-order chi connectivity index (χ0) is 63.3. The Morgan fingerprint density at radius 3 is 1.74 bits per heavy atom. The monoisotopic (exact) mass is 1250 g/mol. The smallest absolute Gasteiger partial charge is 0.343 e. The molecule has 492 valence electrons. The van der Waals surface area contributed by atoms with Gasteiger partial charge in [0, 0.05) is 42.1 Å². The van der Waals surface area contributed by atoms with Crippen molar-refractivity contribution < 1.29 is 90.3 Å². The molecule has 2 aromatic heterocycles. The number of halogens is 1. The summed E-state index contributed by atoms with van der Waals surface area (Å²) in [6.07, 6.45) is 0.873. The highest BCUT2D eigenvalue weighted by atomic mass is 19.1. The summed E-state index contributed by atoms with van der Waals surface area (Å²) in [5, 5.41) is 23.4. The average Bonchev–Trinajstić information content (AvgIpc) is 1.65. The number of esters is 1. The molecule has 88 heavy (non-hydrogen) atoms. The third kappa shape index (κ3) is 21.1. The van der Waals surface area contributed by atoms with Gasteiger partial charge in [0.15, 0.2) is 5.60 Å². The SMILES string of the molecule is CC[C@@]1(O)C(=O)OCc2c1cc1n(c2=O)Cc2c-1nc1cc(F)c(C)c3c1c2[C@@H](NC(=O)[C@H](CCCNC(N)=O)NC(=O)C(NC(=O)CCOCCOCCOCCOCCOCCOCCOCCOCCOCCOCCOCCN)C(C)C)CC3. The number of nitrogens with one attached hydrogen (secondary N) is 4. The minimum atomic E-state index is -2.07. The maximum atomic E-state index is 15.6. The number of primary amides is 1. The predicted octanol–water partition coefficient (Wildman–Crippen LogP) is 1.24. The summed E-state index contributed by atoms with van der Waals surface area (Å²) < 4.78 is 82.7. The van der Waals surface area contributed by atoms with E-state index in [4.69, 9.17) is 73.3 Å². The number of nitrogens with zero attached hydrogens (tertiary/aromatic N) is 2. The summed E-state index contributed by atoms with van der Waals surface area (Å²) in [6, 6.07) is -0.788. The Labute approximate surface area is 512 Å². The lowest BCUT2D eigenvalue weighted by Gasteiger charge is -2.32. The third-order valence-corrected chi connectivity index (χ3v) is 15.0. The number of carbonyl (C=O) groups excluding carboxylic acids is 5. The molecule has 3 aliphatic rings. The van der Waals surface area contributed by atoms with Gasteiger partial charge in [-0.1, -0.05) is 20.8 Å². The molecule has 3 aromatic rings. The largest absolute Gasteiger partial charge is 0.458 e. The van der Waals surface area contributed by atoms with Crippen molar-refractivity contribution in [2.24, 2.45) is 17.4 Å². The molecule has 1 aliphatic carbocycles. The maximum Gasteiger partial charge on any atom is 0.343 e. The average molecular weight is 1250 g/mol. The second kappa shape index (κ2) is 38.0. The molecule has 0 saturated heterocycles. The van der Waals surface area contributed by atoms with E-state index in [1.807, 2.05) is 0 Å². The van der Waals surface area contributed by atoms with Gasteiger partial charge in [0.1, 0.15) is 24.5 Å². The van der Waals surface area contributed by atoms with Gasteiger partial charge >= 0.3 is 12.0 Å². The quantitative estimate of drug-likeness (QED) is 0.0242. The van der Waals surface area contributed by atoms with E-state index in [2.05, 4.69) is 21.3 Å². The Morgan fingerprint density at radius 1 is 0.739 bits per heavy atom. The van der Waals surface area contributed by atoms with Crippen LogP contribution in [0.5, 0.6) is 0 Å². The lowest BCUT2D eigenvalue weighted by Crippen LogP contribution is -2.56. The van der Waals surface area contributed by atoms with Crippen molar-refractivity contribution in [1.82, 2.24) is 30.8 Å². The van der Waals surface area contributed by atoms with Crippen molar-refractivity contribution >= 4 is 40.6 Å². The number of aliphatic hydroxyl groups is 1. The number of carbonyl (C=O) groups is 5. The highest BCUT2D eigenvalue weighted by molar-refractivity contribution is 5.95. The molecule has 9 N–H and O–H groups in total. The van der Waals surface area contributed by atoms with Gasteiger partial charge in [-0.3, -0.25) is 19.2 Å². The van der Waals surface area contributed by atoms with Crippen LogP contribution in [0, 0.1) is 18.7 Å². The van der Waals surface area contributed by atoms with Crippen LogP contribution in [0.4, 0.5) is 9.18 Å². The van der Waals surface area contributed by atoms with Crippen molar-refractivity contribution in [1.29, 1.82) is 0 Å². The van der Waals surface area contributed by atoms with Crippen molar-refractivity contribution in [2.75, 3.05) is 158 Å². The minimum absolute atomic E-state index is 0.0241. The fourth-order valence-corrected chi connectivity index (χ4v) is 10.3. The Bertz CT molecular complexity index is 2790. The van der Waals surface area contributed by atoms with Crippen LogP contribution in [0.15, 0.2) is 16.9 Å². The molecule has 0 bridgehead atoms. The maximum absolute atomic E-state index is 15.6. The minimum Gasteiger partial charge on any atom is -0.458 e. The molecule has 6 rings (SSSR count). The van der Waals surface area contributed by atoms with Gasteiger partial charge < -0.3 is 99.3 Å². The van der Waals surface area contributed by atoms with Crippen LogP contribution < -0.4 is 38.3 Å². The Hall–Kier alpha value is -5.86. The second-order valence-corrected chi connectivity index (χ2v) is 21.5. The molecule has 28 heteroatoms. The molecule has 27 nitrogen and oxygen atoms in total. The molecule has 1 aromatic carbocycles. The summed E-state index contributed by atoms with van der Waals surface area (Å²) in [6.45, 7) is 16.2. The molecule has 4 atom stereocenters. The van der Waals surface area contributed by atoms with E-state index in [0.717, 1.165) is 0 Å². The molecule has 5 amide bonds. The summed E-state index contributed by atoms with van der Waals surface area (Å²) in [7, 11) is 0. The van der Waals surface area contributed by atoms with Gasteiger partial charge in [0.2, 0.25) is 17.7 Å². The normalized spacial score (nSPS) is 16.5. The predicted molar refractivity (Wildman–Crippen MR) is 317 cm³/mol. The molecular weight excluding hydrogens is 1160 g/mol. The lowest BCUT2D eigenvalue weighted by molar-refractivity contribution is -0.172. The van der Waals surface area contributed by atoms with E-state index in [9.17, 15) is 33.9 Å². The van der Waals surface area contributed by atoms with Crippen molar-refractivity contribution in [3.63, 3.8) is 0 Å². The van der Waals surface area contributed by atoms with E-state index in [1.165, 1.54) is 10.6 Å². The zero-order valence-corrected chi connectivity index (χ0v) is 51.3. The van der Waals surface area contributed by atoms with Gasteiger partial charge in [-0.05, 0) is 67.7 Å². The molecule has 1 unspecified atom stereocenters. The van der Waals surface area contributed by atoms with Crippen LogP contribution in [0.25, 0.3) is 22.3 Å². The number of pyridine rings is 2. The lowest BCUT2D eigenvalue weighted by atomic mass is 9.81. The third-order valence-electron chi connectivity index (χ3n) is 15.0. The molecular formula is C60H91FN8O19. The van der Waals surface area contributed by atoms with E-state index in [0.29, 0.717) is 189 Å². The van der Waals surface area contributed by atoms with Gasteiger partial charge in [0.05, 0.1) is 180 Å². The first-order chi connectivity index (χ1) is 42.6. The first-order valence-electron chi connectivity index (χ1n) is 30.4. The number of amides is 5. The number of aromatic nitrogens is 2. The van der Waals surface area contributed by atoms with E-state index < -0.39 is 70.7 Å². The Morgan fingerprint density at radius 2 is 1.25 bits per heavy atom. The van der Waals surface area contributed by atoms with Crippen LogP contribution in [0.1, 0.15) is 92.3 Å². The number of hydrogen-bond acceptors (Lipinski definition) is 21. The van der Waals surface area contributed by atoms with E-state index >= 15 is 4.39 Å². The van der Waals surface area contributed by atoms with Crippen molar-refractivity contribution in [3.05, 3.63) is 61.7 Å². The number of cyclic esters (lactones) is 1. The summed E-state index contributed by atoms with van der Waals surface area (Å²) in [5.74, 6) is -3.38. The number of ether oxygens (including phenoxy) is 12. The highest BCUT2D eigenvalue weighted by Crippen LogP contribution is 2.46. The number of fused-ring (bicyclic) bond motifs is 5. The van der Waals surface area contributed by atoms with Gasteiger partial charge in [-0.25, -0.2) is 19.0 Å². The second-order valence-electron chi connectivity index (χ2n) is 21.5. The van der Waals surface area contributed by atoms with Gasteiger partial charge in [0.25, 0.3) is 5.56 Å². The van der Waals surface area contributed by atoms with Gasteiger partial charge in [-0.2, -0.15) is 0 Å². The van der Waals surface area contributed by atoms with Crippen molar-refractivity contribution in [2.45, 2.75) is 103 Å². The van der Waals surface area contributed by atoms with Crippen LogP contribution in [0.2, 0.25) is 0 Å². The van der Waals surface area contributed by atoms with Crippen LogP contribution in [-0.4, -0.2) is 215 Å². The zero-order valence-electron chi connectivity index (χ0n) is 51.3. The molecule has 0 saturated carbocycles. The number of rotatable bonds is 46. The number of urea groups is 1. The summed E-state index contributed by atoms with van der Waals surface area (Å²) >= 11 is 0. The first-order valence-corrected chi connectivity index (χ1v) is 30.4. The number of nitrogens with two attached hydrogens (primary N) is 2. The standard InChI is InChI=1S/C60H91FN8O19/c1-5-60(76)44-35-49-54-42(37-69(49)57(73)43(44)38-88-58(60)74)52-46(9-8-41-40(4)45(61)36-48(65-54)51(41)52)66-55(71)47(7-6-12-64-59(63)75)67-56(72)53(39(2)3)68-50(70)10-13-77-15-17-79-19-21-81-23-25-83-27-29-85-31-33-87-34-32-86-30-28-84-26-24-82-22-20-80-18-16-78-14-11-62/h35-36,39,46-47,53,76H,5-34,37-38,62H2,1-4H3,(H,66,71)(H,67,72)(H,68,70)(H3,63,64,75)/t46-,47-,53?,60-/m0/s1. The molecule has 0 spiro atoms. The van der Waals surface area contributed by atoms with Crippen LogP contribution >= 0.6 is 0 Å². The topological polar surface area (TPSA) is 351 Å². The number of aryl methyl sites for hydroxylation is 1. The number of hydrogen-bond donors (Lipinski definition) is 7.